The molecule has 2 atom stereocenters. The van der Waals surface area contributed by atoms with Gasteiger partial charge in [0.1, 0.15) is 5.82 Å². The molecule has 0 amide bonds. The lowest BCUT2D eigenvalue weighted by Crippen LogP contribution is -2.33. The molecule has 0 aliphatic carbocycles. The smallest absolute Gasteiger partial charge is 0.336 e. The highest BCUT2D eigenvalue weighted by molar-refractivity contribution is 6.00. The van der Waals surface area contributed by atoms with Crippen LogP contribution in [0.15, 0.2) is 64.0 Å². The minimum atomic E-state index is -0.940. The summed E-state index contributed by atoms with van der Waals surface area (Å²) in [5, 5.41) is 3.04. The molecular weight excluding hydrogens is 399 g/mol. The first kappa shape index (κ1) is 22.5. The molecule has 1 N–H and O–H groups in total. The van der Waals surface area contributed by atoms with E-state index in [1.165, 1.54) is 13.2 Å². The predicted octanol–water partition coefficient (Wildman–Crippen LogP) is 3.96. The fourth-order valence-corrected chi connectivity index (χ4v) is 4.01. The second-order valence-electron chi connectivity index (χ2n) is 7.98. The monoisotopic (exact) mass is 426 g/mol. The third kappa shape index (κ3) is 4.60. The summed E-state index contributed by atoms with van der Waals surface area (Å²) in [6.07, 6.45) is 4.42. The Hall–Kier alpha value is -3.22. The number of dihydropyridines is 1. The van der Waals surface area contributed by atoms with E-state index in [4.69, 9.17) is 9.47 Å². The highest BCUT2D eigenvalue weighted by atomic mass is 19.1. The van der Waals surface area contributed by atoms with E-state index in [2.05, 4.69) is 10.3 Å². The van der Waals surface area contributed by atoms with Crippen LogP contribution in [-0.2, 0) is 19.1 Å². The molecule has 31 heavy (non-hydrogen) atoms. The van der Waals surface area contributed by atoms with Crippen LogP contribution in [0.1, 0.15) is 45.6 Å². The minimum absolute atomic E-state index is 0.132. The van der Waals surface area contributed by atoms with E-state index in [9.17, 15) is 14.0 Å². The third-order valence-electron chi connectivity index (χ3n) is 5.56. The molecule has 7 heteroatoms. The minimum Gasteiger partial charge on any atom is -0.466 e. The molecule has 2 heterocycles. The number of methoxy groups -OCH3 is 1. The first-order chi connectivity index (χ1) is 14.7. The van der Waals surface area contributed by atoms with E-state index in [1.807, 2.05) is 26.0 Å². The fourth-order valence-electron chi connectivity index (χ4n) is 4.01. The summed E-state index contributed by atoms with van der Waals surface area (Å²) in [6.45, 7) is 7.41. The molecule has 1 aromatic carbocycles. The number of nitrogens with zero attached hydrogens (tertiary/aromatic N) is 1. The predicted molar refractivity (Wildman–Crippen MR) is 116 cm³/mol. The SMILES string of the molecule is COC(=O)C1=C(C)NC(C)=C(C(=O)OCCC2(C)C=CC(C)=N2)C1c1ccccc1F. The normalized spacial score (nSPS) is 22.9. The van der Waals surface area contributed by atoms with Crippen LogP contribution in [0.3, 0.4) is 0 Å². The van der Waals surface area contributed by atoms with E-state index in [1.54, 1.807) is 32.0 Å². The Balaban J connectivity index is 1.91. The lowest BCUT2D eigenvalue weighted by Gasteiger charge is -2.30. The van der Waals surface area contributed by atoms with Crippen molar-refractivity contribution in [1.82, 2.24) is 5.32 Å². The molecule has 0 spiro atoms. The highest BCUT2D eigenvalue weighted by Crippen LogP contribution is 2.40. The summed E-state index contributed by atoms with van der Waals surface area (Å²) >= 11 is 0. The van der Waals surface area contributed by atoms with Crippen molar-refractivity contribution in [3.8, 4) is 0 Å². The molecule has 0 radical (unpaired) electrons. The van der Waals surface area contributed by atoms with Crippen molar-refractivity contribution in [2.24, 2.45) is 4.99 Å². The van der Waals surface area contributed by atoms with Crippen molar-refractivity contribution in [1.29, 1.82) is 0 Å². The molecular formula is C24H27FN2O4. The zero-order chi connectivity index (χ0) is 22.8. The molecule has 0 bridgehead atoms. The first-order valence-corrected chi connectivity index (χ1v) is 10.1. The van der Waals surface area contributed by atoms with Crippen molar-refractivity contribution < 1.29 is 23.5 Å². The average Bonchev–Trinajstić information content (AvgIpc) is 3.05. The Morgan fingerprint density at radius 1 is 1.13 bits per heavy atom. The van der Waals surface area contributed by atoms with Crippen molar-refractivity contribution in [2.75, 3.05) is 13.7 Å². The van der Waals surface area contributed by atoms with Crippen LogP contribution in [0.2, 0.25) is 0 Å². The van der Waals surface area contributed by atoms with Gasteiger partial charge in [0.15, 0.2) is 0 Å². The number of hydrogen-bond donors (Lipinski definition) is 1. The number of allylic oxidation sites excluding steroid dienone is 3. The van der Waals surface area contributed by atoms with E-state index >= 15 is 0 Å². The Morgan fingerprint density at radius 3 is 2.35 bits per heavy atom. The first-order valence-electron chi connectivity index (χ1n) is 10.1. The molecule has 6 nitrogen and oxygen atoms in total. The fraction of sp³-hybridized carbons (Fsp3) is 0.375. The zero-order valence-corrected chi connectivity index (χ0v) is 18.4. The van der Waals surface area contributed by atoms with Crippen molar-refractivity contribution in [3.63, 3.8) is 0 Å². The van der Waals surface area contributed by atoms with Crippen LogP contribution in [0.5, 0.6) is 0 Å². The Morgan fingerprint density at radius 2 is 1.77 bits per heavy atom. The maximum Gasteiger partial charge on any atom is 0.336 e. The Bertz CT molecular complexity index is 1040. The quantitative estimate of drug-likeness (QED) is 0.697. The molecule has 0 saturated heterocycles. The van der Waals surface area contributed by atoms with Gasteiger partial charge in [0.25, 0.3) is 0 Å². The number of halogens is 1. The van der Waals surface area contributed by atoms with Gasteiger partial charge in [-0.25, -0.2) is 14.0 Å². The topological polar surface area (TPSA) is 77.0 Å². The summed E-state index contributed by atoms with van der Waals surface area (Å²) in [5.41, 5.74) is 2.08. The molecule has 0 fully saturated rings. The number of nitrogens with one attached hydrogen (secondary N) is 1. The standard InChI is InChI=1S/C24H27FN2O4/c1-14-10-11-24(4,27-14)12-13-31-23(29)20-16(3)26-15(2)19(22(28)30-5)21(20)17-8-6-7-9-18(17)25/h6-11,21,26H,12-13H2,1-5H3. The van der Waals surface area contributed by atoms with Gasteiger partial charge >= 0.3 is 11.9 Å². The second-order valence-corrected chi connectivity index (χ2v) is 7.98. The van der Waals surface area contributed by atoms with Crippen LogP contribution in [0, 0.1) is 5.82 Å². The second kappa shape index (κ2) is 8.88. The van der Waals surface area contributed by atoms with Gasteiger partial charge in [0, 0.05) is 29.1 Å². The molecule has 1 aromatic rings. The van der Waals surface area contributed by atoms with Crippen molar-refractivity contribution in [3.05, 3.63) is 70.3 Å². The number of ether oxygens (including phenoxy) is 2. The van der Waals surface area contributed by atoms with Gasteiger partial charge in [-0.2, -0.15) is 0 Å². The summed E-state index contributed by atoms with van der Waals surface area (Å²) in [7, 11) is 1.25. The van der Waals surface area contributed by atoms with E-state index in [0.29, 0.717) is 17.8 Å². The molecule has 3 rings (SSSR count). The maximum atomic E-state index is 14.8. The van der Waals surface area contributed by atoms with Gasteiger partial charge in [-0.05, 0) is 39.8 Å². The third-order valence-corrected chi connectivity index (χ3v) is 5.56. The molecule has 0 aromatic heterocycles. The number of hydrogen-bond acceptors (Lipinski definition) is 6. The molecule has 2 unspecified atom stereocenters. The Labute approximate surface area is 181 Å². The average molecular weight is 426 g/mol. The summed E-state index contributed by atoms with van der Waals surface area (Å²) in [4.78, 5) is 30.3. The number of carbonyl (C=O) groups excluding carboxylic acids is 2. The number of benzene rings is 1. The molecule has 164 valence electrons. The number of rotatable bonds is 6. The lowest BCUT2D eigenvalue weighted by atomic mass is 9.80. The van der Waals surface area contributed by atoms with Crippen molar-refractivity contribution >= 4 is 17.7 Å². The van der Waals surface area contributed by atoms with Gasteiger partial charge in [-0.1, -0.05) is 24.3 Å². The zero-order valence-electron chi connectivity index (χ0n) is 18.4. The van der Waals surface area contributed by atoms with E-state index < -0.39 is 29.2 Å². The van der Waals surface area contributed by atoms with Crippen LogP contribution < -0.4 is 5.32 Å². The van der Waals surface area contributed by atoms with Crippen LogP contribution >= 0.6 is 0 Å². The Kier molecular flexibility index (Phi) is 6.43. The highest BCUT2D eigenvalue weighted by Gasteiger charge is 2.39. The summed E-state index contributed by atoms with van der Waals surface area (Å²) in [5.74, 6) is -2.71. The maximum absolute atomic E-state index is 14.8. The molecule has 0 saturated carbocycles. The molecule has 2 aliphatic heterocycles. The number of esters is 2. The van der Waals surface area contributed by atoms with Gasteiger partial charge in [-0.3, -0.25) is 4.99 Å². The summed E-state index contributed by atoms with van der Waals surface area (Å²) < 4.78 is 25.3. The van der Waals surface area contributed by atoms with E-state index in [-0.39, 0.29) is 23.3 Å². The van der Waals surface area contributed by atoms with Gasteiger partial charge in [0.2, 0.25) is 0 Å². The van der Waals surface area contributed by atoms with Crippen LogP contribution in [-0.4, -0.2) is 36.9 Å². The largest absolute Gasteiger partial charge is 0.466 e. The summed E-state index contributed by atoms with van der Waals surface area (Å²) in [6, 6.07) is 6.08. The van der Waals surface area contributed by atoms with Gasteiger partial charge < -0.3 is 14.8 Å². The molecule has 2 aliphatic rings. The van der Waals surface area contributed by atoms with Crippen LogP contribution in [0.4, 0.5) is 4.39 Å². The van der Waals surface area contributed by atoms with Gasteiger partial charge in [0.05, 0.1) is 36.3 Å². The number of carbonyl (C=O) groups is 2. The van der Waals surface area contributed by atoms with Crippen molar-refractivity contribution in [2.45, 2.75) is 45.6 Å². The van der Waals surface area contributed by atoms with Gasteiger partial charge in [-0.15, -0.1) is 0 Å². The lowest BCUT2D eigenvalue weighted by molar-refractivity contribution is -0.139. The van der Waals surface area contributed by atoms with E-state index in [0.717, 1.165) is 5.71 Å². The van der Waals surface area contributed by atoms with Crippen LogP contribution in [0.25, 0.3) is 0 Å². The number of aliphatic imine (C=N–C) groups is 1.